The van der Waals surface area contributed by atoms with Gasteiger partial charge in [-0.3, -0.25) is 9.27 Å². The zero-order valence-electron chi connectivity index (χ0n) is 12.5. The van der Waals surface area contributed by atoms with Crippen LogP contribution in [-0.4, -0.2) is 20.9 Å². The molecule has 1 aliphatic rings. The number of benzene rings is 2. The highest BCUT2D eigenvalue weighted by molar-refractivity contribution is 8.00. The molecule has 3 rings (SSSR count). The summed E-state index contributed by atoms with van der Waals surface area (Å²) in [5, 5.41) is 0.440. The van der Waals surface area contributed by atoms with Gasteiger partial charge in [0, 0.05) is 0 Å². The van der Waals surface area contributed by atoms with Gasteiger partial charge < -0.3 is 4.72 Å². The van der Waals surface area contributed by atoms with Crippen LogP contribution in [0.5, 0.6) is 0 Å². The fraction of sp³-hybridized carbons (Fsp3) is 0.133. The van der Waals surface area contributed by atoms with E-state index in [1.165, 1.54) is 17.5 Å². The molecule has 0 saturated heterocycles. The molecule has 0 aromatic heterocycles. The van der Waals surface area contributed by atoms with Gasteiger partial charge in [-0.05, 0) is 35.9 Å². The van der Waals surface area contributed by atoms with Crippen LogP contribution < -0.4 is 9.44 Å². The normalized spacial score (nSPS) is 15.7. The molecule has 0 saturated carbocycles. The van der Waals surface area contributed by atoms with Crippen molar-refractivity contribution in [1.82, 2.24) is 4.72 Å². The lowest BCUT2D eigenvalue weighted by molar-refractivity contribution is 0.570. The fourth-order valence-corrected chi connectivity index (χ4v) is 4.51. The quantitative estimate of drug-likeness (QED) is 0.504. The van der Waals surface area contributed by atoms with Crippen LogP contribution in [0, 0.1) is 0 Å². The molecule has 9 heteroatoms. The molecule has 24 heavy (non-hydrogen) atoms. The summed E-state index contributed by atoms with van der Waals surface area (Å²) in [6.45, 7) is 0. The number of nitrogens with one attached hydrogen (secondary N) is 2. The Morgan fingerprint density at radius 1 is 1.38 bits per heavy atom. The minimum absolute atomic E-state index is 0.0911. The molecular weight excluding hydrogens is 386 g/mol. The third kappa shape index (κ3) is 3.89. The molecule has 2 atom stereocenters. The van der Waals surface area contributed by atoms with E-state index in [1.807, 2.05) is 24.5 Å². The summed E-state index contributed by atoms with van der Waals surface area (Å²) < 4.78 is 25.5. The number of rotatable bonds is 5. The summed E-state index contributed by atoms with van der Waals surface area (Å²) in [4.78, 5) is 5.52. The first kappa shape index (κ1) is 17.6. The highest BCUT2D eigenvalue weighted by Crippen LogP contribution is 2.41. The molecule has 2 unspecified atom stereocenters. The molecule has 0 amide bonds. The van der Waals surface area contributed by atoms with E-state index in [-0.39, 0.29) is 5.25 Å². The largest absolute Gasteiger partial charge is 0.312 e. The van der Waals surface area contributed by atoms with Crippen molar-refractivity contribution in [3.8, 4) is 0 Å². The van der Waals surface area contributed by atoms with Crippen molar-refractivity contribution in [2.75, 3.05) is 11.0 Å². The summed E-state index contributed by atoms with van der Waals surface area (Å²) in [5.41, 5.74) is 2.30. The van der Waals surface area contributed by atoms with Crippen molar-refractivity contribution in [2.45, 2.75) is 10.1 Å². The Bertz CT molecular complexity index is 802. The van der Waals surface area contributed by atoms with Crippen LogP contribution in [-0.2, 0) is 11.3 Å². The van der Waals surface area contributed by atoms with Crippen LogP contribution in [0.2, 0.25) is 5.02 Å². The van der Waals surface area contributed by atoms with Crippen molar-refractivity contribution in [2.24, 2.45) is 4.99 Å². The lowest BCUT2D eigenvalue weighted by atomic mass is 10.1. The van der Waals surface area contributed by atoms with E-state index in [0.29, 0.717) is 10.7 Å². The van der Waals surface area contributed by atoms with Crippen LogP contribution in [0.3, 0.4) is 0 Å². The zero-order valence-corrected chi connectivity index (χ0v) is 15.7. The van der Waals surface area contributed by atoms with Gasteiger partial charge in [-0.25, -0.2) is 9.20 Å². The molecule has 3 N–H and O–H groups in total. The Balaban J connectivity index is 1.95. The summed E-state index contributed by atoms with van der Waals surface area (Å²) >= 11 is 7.11. The second kappa shape index (κ2) is 7.79. The maximum Gasteiger partial charge on any atom is 0.259 e. The number of aliphatic imine (C=N–C) groups is 1. The van der Waals surface area contributed by atoms with Gasteiger partial charge in [0.25, 0.3) is 11.3 Å². The number of halogens is 1. The van der Waals surface area contributed by atoms with Crippen LogP contribution in [0.4, 0.5) is 11.4 Å². The second-order valence-corrected chi connectivity index (χ2v) is 7.78. The lowest BCUT2D eigenvalue weighted by Gasteiger charge is -2.23. The molecule has 0 spiro atoms. The molecule has 2 aromatic carbocycles. The zero-order chi connectivity index (χ0) is 17.1. The van der Waals surface area contributed by atoms with Crippen molar-refractivity contribution >= 4 is 63.8 Å². The predicted octanol–water partition coefficient (Wildman–Crippen LogP) is 4.63. The summed E-state index contributed by atoms with van der Waals surface area (Å²) in [7, 11) is 0. The van der Waals surface area contributed by atoms with Crippen molar-refractivity contribution < 1.29 is 8.76 Å². The number of fused-ring (bicyclic) bond motifs is 1. The number of hydrogen-bond donors (Lipinski definition) is 3. The molecule has 1 aliphatic heterocycles. The Labute approximate surface area is 156 Å². The third-order valence-corrected chi connectivity index (χ3v) is 5.87. The summed E-state index contributed by atoms with van der Waals surface area (Å²) in [5.74, 6) is 0.841. The van der Waals surface area contributed by atoms with Crippen LogP contribution >= 0.6 is 35.3 Å². The predicted molar refractivity (Wildman–Crippen MR) is 105 cm³/mol. The van der Waals surface area contributed by atoms with Gasteiger partial charge in [0.15, 0.2) is 0 Å². The summed E-state index contributed by atoms with van der Waals surface area (Å²) in [6.07, 6.45) is 2.04. The first-order valence-electron chi connectivity index (χ1n) is 6.88. The average Bonchev–Trinajstić information content (AvgIpc) is 2.57. The molecule has 126 valence electrons. The van der Waals surface area contributed by atoms with Gasteiger partial charge in [-0.2, -0.15) is 0 Å². The topological polar surface area (TPSA) is 73.7 Å². The maximum atomic E-state index is 10.9. The van der Waals surface area contributed by atoms with E-state index in [1.54, 1.807) is 23.9 Å². The maximum absolute atomic E-state index is 10.9. The molecular formula is C15H14ClN3O2S3. The Kier molecular flexibility index (Phi) is 5.72. The SMILES string of the molecule is CSC(C1=Nc2cc(Cl)c(NS(=O)O)cc2SN1)c1ccccc1. The van der Waals surface area contributed by atoms with E-state index in [2.05, 4.69) is 26.6 Å². The van der Waals surface area contributed by atoms with E-state index < -0.39 is 11.3 Å². The van der Waals surface area contributed by atoms with Crippen molar-refractivity contribution in [1.29, 1.82) is 0 Å². The number of thioether (sulfide) groups is 1. The van der Waals surface area contributed by atoms with Gasteiger partial charge in [0.1, 0.15) is 5.84 Å². The first-order valence-corrected chi connectivity index (χ1v) is 10.5. The molecule has 5 nitrogen and oxygen atoms in total. The van der Waals surface area contributed by atoms with Gasteiger partial charge >= 0.3 is 0 Å². The van der Waals surface area contributed by atoms with E-state index >= 15 is 0 Å². The van der Waals surface area contributed by atoms with Gasteiger partial charge in [0.05, 0.1) is 26.5 Å². The minimum atomic E-state index is -2.17. The Morgan fingerprint density at radius 3 is 2.79 bits per heavy atom. The lowest BCUT2D eigenvalue weighted by Crippen LogP contribution is -2.24. The Hall–Kier alpha value is -1.19. The molecule has 1 heterocycles. The highest BCUT2D eigenvalue weighted by atomic mass is 35.5. The molecule has 0 aliphatic carbocycles. The Morgan fingerprint density at radius 2 is 2.12 bits per heavy atom. The highest BCUT2D eigenvalue weighted by Gasteiger charge is 2.23. The number of hydrogen-bond acceptors (Lipinski definition) is 5. The van der Waals surface area contributed by atoms with Crippen molar-refractivity contribution in [3.63, 3.8) is 0 Å². The minimum Gasteiger partial charge on any atom is -0.312 e. The first-order chi connectivity index (χ1) is 11.6. The van der Waals surface area contributed by atoms with Crippen LogP contribution in [0.1, 0.15) is 10.8 Å². The summed E-state index contributed by atoms with van der Waals surface area (Å²) in [6, 6.07) is 13.5. The van der Waals surface area contributed by atoms with Gasteiger partial charge in [-0.1, -0.05) is 41.9 Å². The molecule has 0 bridgehead atoms. The number of nitrogens with zero attached hydrogens (tertiary/aromatic N) is 1. The smallest absolute Gasteiger partial charge is 0.259 e. The third-order valence-electron chi connectivity index (χ3n) is 3.34. The van der Waals surface area contributed by atoms with E-state index in [9.17, 15) is 4.21 Å². The number of amidine groups is 1. The molecule has 2 aromatic rings. The monoisotopic (exact) mass is 399 g/mol. The average molecular weight is 400 g/mol. The standard InChI is InChI=1S/C15H14ClN3O2S3/c1-22-14(9-5-3-2-4-6-9)15-17-12-7-10(16)11(19-24(20)21)8-13(12)23-18-15/h2-8,14,19H,1H3,(H,17,18)(H,20,21). The van der Waals surface area contributed by atoms with E-state index in [4.69, 9.17) is 16.2 Å². The van der Waals surface area contributed by atoms with E-state index in [0.717, 1.165) is 16.4 Å². The fourth-order valence-electron chi connectivity index (χ4n) is 2.29. The molecule has 0 fully saturated rings. The van der Waals surface area contributed by atoms with Gasteiger partial charge in [-0.15, -0.1) is 11.8 Å². The molecule has 0 radical (unpaired) electrons. The number of anilines is 1. The second-order valence-electron chi connectivity index (χ2n) is 4.88. The van der Waals surface area contributed by atoms with Crippen LogP contribution in [0.25, 0.3) is 0 Å². The van der Waals surface area contributed by atoms with Crippen molar-refractivity contribution in [3.05, 3.63) is 53.1 Å². The van der Waals surface area contributed by atoms with Crippen LogP contribution in [0.15, 0.2) is 52.4 Å². The van der Waals surface area contributed by atoms with Gasteiger partial charge in [0.2, 0.25) is 0 Å².